The summed E-state index contributed by atoms with van der Waals surface area (Å²) in [6, 6.07) is 7.35. The van der Waals surface area contributed by atoms with Gasteiger partial charge >= 0.3 is 0 Å². The number of nitrogens with one attached hydrogen (secondary N) is 1. The maximum absolute atomic E-state index is 12.5. The van der Waals surface area contributed by atoms with Crippen molar-refractivity contribution in [2.75, 3.05) is 12.4 Å². The van der Waals surface area contributed by atoms with Gasteiger partial charge in [0.05, 0.1) is 5.69 Å². The zero-order valence-corrected chi connectivity index (χ0v) is 5.11. The van der Waals surface area contributed by atoms with Crippen LogP contribution in [0, 0.1) is 11.9 Å². The van der Waals surface area contributed by atoms with Crippen LogP contribution in [0.5, 0.6) is 0 Å². The molecule has 1 nitrogen and oxygen atoms in total. The van der Waals surface area contributed by atoms with Crippen LogP contribution in [0.25, 0.3) is 0 Å². The summed E-state index contributed by atoms with van der Waals surface area (Å²) in [5.74, 6) is -0.333. The minimum absolute atomic E-state index is 0.333. The molecule has 2 heteroatoms. The van der Waals surface area contributed by atoms with Gasteiger partial charge in [0.2, 0.25) is 0 Å². The van der Waals surface area contributed by atoms with Gasteiger partial charge in [0.15, 0.2) is 5.82 Å². The van der Waals surface area contributed by atoms with E-state index >= 15 is 0 Å². The molecule has 9 heavy (non-hydrogen) atoms. The second-order valence-corrected chi connectivity index (χ2v) is 1.65. The number of hydrogen-bond acceptors (Lipinski definition) is 1. The first-order valence-electron chi connectivity index (χ1n) is 2.68. The molecule has 1 aromatic carbocycles. The van der Waals surface area contributed by atoms with Gasteiger partial charge < -0.3 is 5.32 Å². The summed E-state index contributed by atoms with van der Waals surface area (Å²) >= 11 is 0. The maximum Gasteiger partial charge on any atom is 0.154 e. The van der Waals surface area contributed by atoms with Gasteiger partial charge in [-0.25, -0.2) is 4.39 Å². The van der Waals surface area contributed by atoms with Gasteiger partial charge in [-0.2, -0.15) is 0 Å². The maximum atomic E-state index is 12.5. The minimum atomic E-state index is -0.333. The predicted octanol–water partition coefficient (Wildman–Crippen LogP) is 1.67. The largest absolute Gasteiger partial charge is 0.386 e. The third-order valence-corrected chi connectivity index (χ3v) is 1.07. The first kappa shape index (κ1) is 6.08. The van der Waals surface area contributed by atoms with E-state index in [1.807, 2.05) is 0 Å². The lowest BCUT2D eigenvalue weighted by Crippen LogP contribution is -1.90. The first-order valence-corrected chi connectivity index (χ1v) is 2.68. The van der Waals surface area contributed by atoms with Gasteiger partial charge in [-0.1, -0.05) is 12.1 Å². The molecular formula is C7H7FN. The van der Waals surface area contributed by atoms with Crippen molar-refractivity contribution in [1.29, 1.82) is 0 Å². The molecule has 0 aliphatic heterocycles. The smallest absolute Gasteiger partial charge is 0.154 e. The zero-order chi connectivity index (χ0) is 6.69. The molecule has 0 spiro atoms. The van der Waals surface area contributed by atoms with Crippen molar-refractivity contribution in [2.45, 2.75) is 0 Å². The molecule has 0 amide bonds. The Labute approximate surface area is 53.5 Å². The molecule has 0 unspecified atom stereocenters. The number of benzene rings is 1. The van der Waals surface area contributed by atoms with Gasteiger partial charge in [0.1, 0.15) is 0 Å². The van der Waals surface area contributed by atoms with Crippen LogP contribution in [0.3, 0.4) is 0 Å². The van der Waals surface area contributed by atoms with Crippen LogP contribution in [-0.4, -0.2) is 7.05 Å². The minimum Gasteiger partial charge on any atom is -0.386 e. The first-order chi connectivity index (χ1) is 4.34. The van der Waals surface area contributed by atoms with Gasteiger partial charge in [0.25, 0.3) is 0 Å². The Morgan fingerprint density at radius 1 is 1.67 bits per heavy atom. The summed E-state index contributed by atoms with van der Waals surface area (Å²) < 4.78 is 12.5. The second-order valence-electron chi connectivity index (χ2n) is 1.65. The molecule has 0 saturated heterocycles. The lowest BCUT2D eigenvalue weighted by molar-refractivity contribution is 0.629. The molecule has 1 rings (SSSR count). The topological polar surface area (TPSA) is 12.0 Å². The van der Waals surface area contributed by atoms with Crippen molar-refractivity contribution < 1.29 is 4.39 Å². The Morgan fingerprint density at radius 2 is 2.44 bits per heavy atom. The van der Waals surface area contributed by atoms with E-state index in [2.05, 4.69) is 11.4 Å². The van der Waals surface area contributed by atoms with Crippen molar-refractivity contribution in [3.63, 3.8) is 0 Å². The molecule has 1 radical (unpaired) electrons. The van der Waals surface area contributed by atoms with E-state index in [4.69, 9.17) is 0 Å². The van der Waals surface area contributed by atoms with E-state index in [0.717, 1.165) is 0 Å². The Morgan fingerprint density at radius 3 is 2.89 bits per heavy atom. The van der Waals surface area contributed by atoms with Crippen molar-refractivity contribution in [2.24, 2.45) is 0 Å². The Bertz CT molecular complexity index is 198. The average Bonchev–Trinajstić information content (AvgIpc) is 1.89. The quantitative estimate of drug-likeness (QED) is 0.600. The number of halogens is 1. The standard InChI is InChI=1S/C7H7FN/c1-9-7-5-3-2-4-6(7)8/h2-3,5,9H,1H3. The third kappa shape index (κ3) is 1.19. The third-order valence-electron chi connectivity index (χ3n) is 1.07. The van der Waals surface area contributed by atoms with Crippen LogP contribution >= 0.6 is 0 Å². The van der Waals surface area contributed by atoms with Crippen LogP contribution in [0.4, 0.5) is 10.1 Å². The van der Waals surface area contributed by atoms with E-state index in [1.165, 1.54) is 6.07 Å². The highest BCUT2D eigenvalue weighted by Gasteiger charge is 1.93. The van der Waals surface area contributed by atoms with Crippen molar-refractivity contribution in [3.05, 3.63) is 30.1 Å². The van der Waals surface area contributed by atoms with Gasteiger partial charge in [0, 0.05) is 13.1 Å². The monoisotopic (exact) mass is 124 g/mol. The summed E-state index contributed by atoms with van der Waals surface area (Å²) in [6.07, 6.45) is 0. The lowest BCUT2D eigenvalue weighted by Gasteiger charge is -1.97. The molecule has 0 aromatic heterocycles. The van der Waals surface area contributed by atoms with E-state index in [0.29, 0.717) is 5.69 Å². The molecular weight excluding hydrogens is 117 g/mol. The highest BCUT2D eigenvalue weighted by molar-refractivity contribution is 5.42. The van der Waals surface area contributed by atoms with E-state index in [1.54, 1.807) is 19.2 Å². The Hall–Kier alpha value is -1.05. The molecule has 0 aliphatic rings. The molecule has 0 saturated carbocycles. The highest BCUT2D eigenvalue weighted by atomic mass is 19.1. The molecule has 0 heterocycles. The van der Waals surface area contributed by atoms with Crippen LogP contribution in [0.15, 0.2) is 18.2 Å². The summed E-state index contributed by atoms with van der Waals surface area (Å²) in [6.45, 7) is 0. The van der Waals surface area contributed by atoms with Crippen molar-refractivity contribution in [3.8, 4) is 0 Å². The predicted molar refractivity (Wildman–Crippen MR) is 34.8 cm³/mol. The second kappa shape index (κ2) is 2.49. The fraction of sp³-hybridized carbons (Fsp3) is 0.143. The molecule has 1 aromatic rings. The van der Waals surface area contributed by atoms with Gasteiger partial charge in [-0.05, 0) is 6.07 Å². The molecule has 0 bridgehead atoms. The normalized spacial score (nSPS) is 9.11. The van der Waals surface area contributed by atoms with Crippen molar-refractivity contribution in [1.82, 2.24) is 0 Å². The fourth-order valence-corrected chi connectivity index (χ4v) is 0.610. The lowest BCUT2D eigenvalue weighted by atomic mass is 10.3. The fourth-order valence-electron chi connectivity index (χ4n) is 0.610. The highest BCUT2D eigenvalue weighted by Crippen LogP contribution is 2.09. The van der Waals surface area contributed by atoms with Crippen LogP contribution < -0.4 is 5.32 Å². The Balaban J connectivity index is 3.01. The van der Waals surface area contributed by atoms with Crippen LogP contribution in [0.2, 0.25) is 0 Å². The van der Waals surface area contributed by atoms with Crippen molar-refractivity contribution >= 4 is 5.69 Å². The summed E-state index contributed by atoms with van der Waals surface area (Å²) in [5, 5.41) is 2.69. The summed E-state index contributed by atoms with van der Waals surface area (Å²) in [4.78, 5) is 0. The average molecular weight is 124 g/mol. The molecule has 0 atom stereocenters. The summed E-state index contributed by atoms with van der Waals surface area (Å²) in [7, 11) is 1.67. The zero-order valence-electron chi connectivity index (χ0n) is 5.11. The number of anilines is 1. The molecule has 1 N–H and O–H groups in total. The molecule has 0 aliphatic carbocycles. The molecule has 0 fully saturated rings. The number of rotatable bonds is 1. The molecule has 47 valence electrons. The van der Waals surface area contributed by atoms with E-state index in [9.17, 15) is 4.39 Å². The Kier molecular flexibility index (Phi) is 1.68. The van der Waals surface area contributed by atoms with Crippen LogP contribution in [0.1, 0.15) is 0 Å². The van der Waals surface area contributed by atoms with Gasteiger partial charge in [-0.15, -0.1) is 0 Å². The van der Waals surface area contributed by atoms with Crippen LogP contribution in [-0.2, 0) is 0 Å². The van der Waals surface area contributed by atoms with Gasteiger partial charge in [-0.3, -0.25) is 0 Å². The van der Waals surface area contributed by atoms with E-state index < -0.39 is 0 Å². The SMILES string of the molecule is CNc1ccc[c]c1F. The van der Waals surface area contributed by atoms with E-state index in [-0.39, 0.29) is 5.82 Å². The summed E-state index contributed by atoms with van der Waals surface area (Å²) in [5.41, 5.74) is 0.484. The number of hydrogen-bond donors (Lipinski definition) is 1.